The minimum atomic E-state index is -3.32. The smallest absolute Gasteiger partial charge is 0.273 e. The molecular weight excluding hydrogens is 524 g/mol. The second-order valence-corrected chi connectivity index (χ2v) is 16.3. The highest BCUT2D eigenvalue weighted by Crippen LogP contribution is 2.65. The third kappa shape index (κ3) is 4.09. The van der Waals surface area contributed by atoms with E-state index in [0.29, 0.717) is 36.5 Å². The van der Waals surface area contributed by atoms with Crippen molar-refractivity contribution < 1.29 is 17.7 Å². The number of nitrogens with one attached hydrogen (secondary N) is 1. The molecule has 2 unspecified atom stereocenters. The molecule has 0 radical (unpaired) electrons. The summed E-state index contributed by atoms with van der Waals surface area (Å²) in [5, 5.41) is 7.22. The van der Waals surface area contributed by atoms with Gasteiger partial charge in [-0.3, -0.25) is 9.69 Å². The van der Waals surface area contributed by atoms with Crippen LogP contribution in [-0.2, 0) is 16.6 Å². The normalized spacial score (nSPS) is 35.1. The monoisotopic (exact) mass is 564 g/mol. The van der Waals surface area contributed by atoms with Gasteiger partial charge in [0.25, 0.3) is 5.91 Å². The van der Waals surface area contributed by atoms with Crippen molar-refractivity contribution in [2.75, 3.05) is 26.2 Å². The van der Waals surface area contributed by atoms with Gasteiger partial charge in [-0.1, -0.05) is 35.5 Å². The van der Waals surface area contributed by atoms with E-state index >= 15 is 0 Å². The highest BCUT2D eigenvalue weighted by Gasteiger charge is 2.69. The zero-order valence-electron chi connectivity index (χ0n) is 23.1. The van der Waals surface area contributed by atoms with Gasteiger partial charge in [0.2, 0.25) is 10.0 Å². The van der Waals surface area contributed by atoms with E-state index in [9.17, 15) is 13.2 Å². The lowest BCUT2D eigenvalue weighted by molar-refractivity contribution is -0.00735. The lowest BCUT2D eigenvalue weighted by atomic mass is 9.63. The number of nitrogens with zero attached hydrogens (tertiary/aromatic N) is 3. The topological polar surface area (TPSA) is 95.8 Å². The minimum Gasteiger partial charge on any atom is -0.360 e. The van der Waals surface area contributed by atoms with Crippen LogP contribution < -0.4 is 5.32 Å². The molecule has 1 amide bonds. The summed E-state index contributed by atoms with van der Waals surface area (Å²) in [7, 11) is -3.32. The van der Waals surface area contributed by atoms with Gasteiger partial charge in [-0.05, 0) is 94.2 Å². The van der Waals surface area contributed by atoms with E-state index in [1.165, 1.54) is 5.56 Å². The summed E-state index contributed by atoms with van der Waals surface area (Å²) >= 11 is 0. The standard InChI is InChI=1S/C31H40N4O4S/c36-29(27-15-28(39-33-27)23-6-7-23)32-25-12-22-13-26-24(14-25)17-31(26,16-22)40(37,38)35-19-30(20-35)8-10-34(11-9-30)18-21-4-2-1-3-5-21/h1-5,15,22-26H,6-14,16-20H2,(H,32,36)/t22-,24-,25+,26?,31?/m1/s1. The third-order valence-electron chi connectivity index (χ3n) is 11.4. The van der Waals surface area contributed by atoms with E-state index in [1.807, 2.05) is 4.31 Å². The van der Waals surface area contributed by atoms with Crippen molar-refractivity contribution in [2.24, 2.45) is 23.2 Å². The molecule has 2 aromatic rings. The van der Waals surface area contributed by atoms with Crippen LogP contribution in [0.25, 0.3) is 0 Å². The summed E-state index contributed by atoms with van der Waals surface area (Å²) in [6.45, 7) is 4.48. The Balaban J connectivity index is 0.870. The Morgan fingerprint density at radius 2 is 1.82 bits per heavy atom. The minimum absolute atomic E-state index is 0.0860. The zero-order chi connectivity index (χ0) is 27.1. The molecule has 40 heavy (non-hydrogen) atoms. The Morgan fingerprint density at radius 3 is 2.58 bits per heavy atom. The van der Waals surface area contributed by atoms with E-state index in [4.69, 9.17) is 4.52 Å². The molecule has 8 nitrogen and oxygen atoms in total. The van der Waals surface area contributed by atoms with Crippen LogP contribution >= 0.6 is 0 Å². The maximum atomic E-state index is 14.1. The number of sulfonamides is 1. The average Bonchev–Trinajstić information content (AvgIpc) is 3.58. The second kappa shape index (κ2) is 9.13. The van der Waals surface area contributed by atoms with Crippen LogP contribution in [0, 0.1) is 23.2 Å². The molecule has 4 saturated carbocycles. The first-order valence-corrected chi connectivity index (χ1v) is 16.8. The second-order valence-electron chi connectivity index (χ2n) is 14.0. The first-order chi connectivity index (χ1) is 19.3. The summed E-state index contributed by atoms with van der Waals surface area (Å²) in [5.41, 5.74) is 1.89. The number of hydrogen-bond acceptors (Lipinski definition) is 6. The largest absolute Gasteiger partial charge is 0.360 e. The van der Waals surface area contributed by atoms with Crippen molar-refractivity contribution in [3.8, 4) is 0 Å². The molecule has 3 heterocycles. The fourth-order valence-electron chi connectivity index (χ4n) is 9.08. The van der Waals surface area contributed by atoms with Crippen LogP contribution in [0.2, 0.25) is 0 Å². The Morgan fingerprint density at radius 1 is 1.05 bits per heavy atom. The van der Waals surface area contributed by atoms with Gasteiger partial charge in [-0.15, -0.1) is 0 Å². The fourth-order valence-corrected chi connectivity index (χ4v) is 12.0. The van der Waals surface area contributed by atoms with Crippen LogP contribution in [0.15, 0.2) is 40.9 Å². The van der Waals surface area contributed by atoms with Crippen molar-refractivity contribution in [2.45, 2.75) is 81.0 Å². The number of hydrogen-bond donors (Lipinski definition) is 1. The fraction of sp³-hybridized carbons (Fsp3) is 0.677. The first kappa shape index (κ1) is 25.5. The van der Waals surface area contributed by atoms with E-state index in [1.54, 1.807) is 6.07 Å². The zero-order valence-corrected chi connectivity index (χ0v) is 23.9. The summed E-state index contributed by atoms with van der Waals surface area (Å²) in [4.78, 5) is 15.4. The van der Waals surface area contributed by atoms with Crippen LogP contribution in [0.4, 0.5) is 0 Å². The van der Waals surface area contributed by atoms with Crippen molar-refractivity contribution in [3.05, 3.63) is 53.4 Å². The number of piperidine rings is 1. The van der Waals surface area contributed by atoms with Gasteiger partial charge in [-0.2, -0.15) is 0 Å². The number of rotatable bonds is 7. The van der Waals surface area contributed by atoms with E-state index < -0.39 is 14.8 Å². The molecule has 1 aromatic heterocycles. The van der Waals surface area contributed by atoms with Crippen LogP contribution in [0.5, 0.6) is 0 Å². The first-order valence-electron chi connectivity index (χ1n) is 15.4. The van der Waals surface area contributed by atoms with Crippen LogP contribution in [0.1, 0.15) is 85.5 Å². The Hall–Kier alpha value is -2.23. The Kier molecular flexibility index (Phi) is 5.82. The van der Waals surface area contributed by atoms with Crippen LogP contribution in [-0.4, -0.2) is 65.7 Å². The number of carbonyl (C=O) groups excluding carboxylic acids is 1. The van der Waals surface area contributed by atoms with Gasteiger partial charge >= 0.3 is 0 Å². The third-order valence-corrected chi connectivity index (χ3v) is 14.0. The molecule has 1 spiro atoms. The molecule has 4 aliphatic carbocycles. The highest BCUT2D eigenvalue weighted by molar-refractivity contribution is 7.90. The van der Waals surface area contributed by atoms with Gasteiger partial charge < -0.3 is 9.84 Å². The predicted molar refractivity (Wildman–Crippen MR) is 150 cm³/mol. The molecule has 6 fully saturated rings. The molecule has 9 heteroatoms. The number of benzene rings is 1. The lowest BCUT2D eigenvalue weighted by Gasteiger charge is -2.59. The Labute approximate surface area is 236 Å². The summed E-state index contributed by atoms with van der Waals surface area (Å²) in [6.07, 6.45) is 8.63. The maximum Gasteiger partial charge on any atom is 0.273 e. The van der Waals surface area contributed by atoms with Gasteiger partial charge in [0.1, 0.15) is 5.76 Å². The lowest BCUT2D eigenvalue weighted by Crippen LogP contribution is -2.68. The number of amides is 1. The number of fused-ring (bicyclic) bond motifs is 1. The SMILES string of the molecule is O=C(N[C@H]1C[C@@H]2CC3[C@H](C1)CC3(S(=O)(=O)N1CC3(CCN(Cc4ccccc4)CC3)C1)C2)c1cc(C2CC2)on1. The molecule has 6 aliphatic rings. The van der Waals surface area contributed by atoms with Gasteiger partial charge in [0.15, 0.2) is 5.69 Å². The van der Waals surface area contributed by atoms with Crippen molar-refractivity contribution in [1.29, 1.82) is 0 Å². The van der Waals surface area contributed by atoms with Crippen molar-refractivity contribution in [1.82, 2.24) is 19.7 Å². The molecule has 1 aromatic carbocycles. The van der Waals surface area contributed by atoms with Gasteiger partial charge in [0, 0.05) is 43.1 Å². The van der Waals surface area contributed by atoms with Gasteiger partial charge in [-0.25, -0.2) is 12.7 Å². The molecule has 2 aliphatic heterocycles. The summed E-state index contributed by atoms with van der Waals surface area (Å²) in [5.74, 6) is 2.07. The average molecular weight is 565 g/mol. The number of likely N-dealkylation sites (tertiary alicyclic amines) is 1. The van der Waals surface area contributed by atoms with Crippen molar-refractivity contribution >= 4 is 15.9 Å². The number of carbonyl (C=O) groups is 1. The number of aromatic nitrogens is 1. The van der Waals surface area contributed by atoms with Crippen molar-refractivity contribution in [3.63, 3.8) is 0 Å². The van der Waals surface area contributed by atoms with Crippen LogP contribution in [0.3, 0.4) is 0 Å². The van der Waals surface area contributed by atoms with E-state index in [0.717, 1.165) is 83.2 Å². The molecule has 1 N–H and O–H groups in total. The van der Waals surface area contributed by atoms with E-state index in [-0.39, 0.29) is 23.3 Å². The predicted octanol–water partition coefficient (Wildman–Crippen LogP) is 4.16. The molecule has 214 valence electrons. The van der Waals surface area contributed by atoms with E-state index in [2.05, 4.69) is 45.7 Å². The Bertz CT molecular complexity index is 1390. The molecule has 8 rings (SSSR count). The molecule has 2 bridgehead atoms. The van der Waals surface area contributed by atoms with Gasteiger partial charge in [0.05, 0.1) is 4.75 Å². The summed E-state index contributed by atoms with van der Waals surface area (Å²) in [6, 6.07) is 12.5. The highest BCUT2D eigenvalue weighted by atomic mass is 32.2. The quantitative estimate of drug-likeness (QED) is 0.543. The maximum absolute atomic E-state index is 14.1. The molecule has 5 atom stereocenters. The summed E-state index contributed by atoms with van der Waals surface area (Å²) < 4.78 is 34.9. The molecule has 2 saturated heterocycles. The molecular formula is C31H40N4O4S.